The van der Waals surface area contributed by atoms with Crippen LogP contribution in [0.15, 0.2) is 48.5 Å². The summed E-state index contributed by atoms with van der Waals surface area (Å²) in [6.45, 7) is 3.04. The molecule has 0 radical (unpaired) electrons. The van der Waals surface area contributed by atoms with Crippen molar-refractivity contribution in [2.24, 2.45) is 0 Å². The Kier molecular flexibility index (Phi) is 5.29. The van der Waals surface area contributed by atoms with Gasteiger partial charge >= 0.3 is 0 Å². The lowest BCUT2D eigenvalue weighted by molar-refractivity contribution is 0.763. The van der Waals surface area contributed by atoms with Gasteiger partial charge in [0.05, 0.1) is 0 Å². The number of anilines is 1. The highest BCUT2D eigenvalue weighted by atomic mass is 35.5. The van der Waals surface area contributed by atoms with Gasteiger partial charge in [0.1, 0.15) is 0 Å². The van der Waals surface area contributed by atoms with Crippen LogP contribution in [0, 0.1) is 6.92 Å². The van der Waals surface area contributed by atoms with Crippen LogP contribution in [0.2, 0.25) is 5.02 Å². The van der Waals surface area contributed by atoms with Crippen molar-refractivity contribution in [1.29, 1.82) is 0 Å². The summed E-state index contributed by atoms with van der Waals surface area (Å²) in [6, 6.07) is 16.6. The van der Waals surface area contributed by atoms with Gasteiger partial charge in [0, 0.05) is 17.3 Å². The van der Waals surface area contributed by atoms with Gasteiger partial charge in [-0.3, -0.25) is 0 Å². The Morgan fingerprint density at radius 3 is 2.53 bits per heavy atom. The highest BCUT2D eigenvalue weighted by Gasteiger charge is 2.00. The Bertz CT molecular complexity index is 508. The summed E-state index contributed by atoms with van der Waals surface area (Å²) in [5.74, 6) is 0. The molecule has 0 aliphatic rings. The Hall–Kier alpha value is -1.47. The molecule has 0 heterocycles. The van der Waals surface area contributed by atoms with Crippen molar-refractivity contribution in [3.63, 3.8) is 0 Å². The van der Waals surface area contributed by atoms with Crippen molar-refractivity contribution in [2.45, 2.75) is 26.2 Å². The van der Waals surface area contributed by atoms with Gasteiger partial charge in [0.2, 0.25) is 0 Å². The largest absolute Gasteiger partial charge is 0.385 e. The molecule has 1 N–H and O–H groups in total. The predicted octanol–water partition coefficient (Wildman–Crippen LogP) is 5.08. The number of unbranched alkanes of at least 4 members (excludes halogenated alkanes) is 1. The third kappa shape index (κ3) is 4.29. The van der Waals surface area contributed by atoms with Gasteiger partial charge in [0.25, 0.3) is 0 Å². The fourth-order valence-corrected chi connectivity index (χ4v) is 2.30. The second kappa shape index (κ2) is 7.20. The monoisotopic (exact) mass is 273 g/mol. The Balaban J connectivity index is 1.71. The number of nitrogens with one attached hydrogen (secondary N) is 1. The summed E-state index contributed by atoms with van der Waals surface area (Å²) in [5.41, 5.74) is 3.70. The zero-order valence-electron chi connectivity index (χ0n) is 11.3. The molecule has 0 aliphatic heterocycles. The van der Waals surface area contributed by atoms with E-state index in [4.69, 9.17) is 11.6 Å². The van der Waals surface area contributed by atoms with Crippen LogP contribution in [0.4, 0.5) is 5.69 Å². The lowest BCUT2D eigenvalue weighted by Crippen LogP contribution is -2.03. The molecule has 0 amide bonds. The number of benzene rings is 2. The van der Waals surface area contributed by atoms with Crippen LogP contribution in [-0.4, -0.2) is 6.54 Å². The average Bonchev–Trinajstić information content (AvgIpc) is 2.44. The van der Waals surface area contributed by atoms with E-state index in [1.54, 1.807) is 0 Å². The summed E-state index contributed by atoms with van der Waals surface area (Å²) < 4.78 is 0. The zero-order chi connectivity index (χ0) is 13.5. The standard InChI is InChI=1S/C17H20ClN/c1-14-16(18)11-7-12-17(14)19-13-6-5-10-15-8-3-2-4-9-15/h2-4,7-9,11-12,19H,5-6,10,13H2,1H3. The lowest BCUT2D eigenvalue weighted by Gasteiger charge is -2.10. The average molecular weight is 274 g/mol. The van der Waals surface area contributed by atoms with Crippen LogP contribution in [0.25, 0.3) is 0 Å². The van der Waals surface area contributed by atoms with Gasteiger partial charge < -0.3 is 5.32 Å². The molecule has 0 fully saturated rings. The summed E-state index contributed by atoms with van der Waals surface area (Å²) in [4.78, 5) is 0. The van der Waals surface area contributed by atoms with E-state index in [2.05, 4.69) is 48.6 Å². The maximum absolute atomic E-state index is 6.09. The first-order chi connectivity index (χ1) is 9.27. The van der Waals surface area contributed by atoms with E-state index >= 15 is 0 Å². The van der Waals surface area contributed by atoms with Crippen LogP contribution in [-0.2, 0) is 6.42 Å². The van der Waals surface area contributed by atoms with Crippen LogP contribution in [0.5, 0.6) is 0 Å². The maximum atomic E-state index is 6.09. The van der Waals surface area contributed by atoms with Crippen LogP contribution >= 0.6 is 11.6 Å². The summed E-state index contributed by atoms with van der Waals surface area (Å²) >= 11 is 6.09. The number of rotatable bonds is 6. The lowest BCUT2D eigenvalue weighted by atomic mass is 10.1. The molecule has 0 unspecified atom stereocenters. The summed E-state index contributed by atoms with van der Waals surface area (Å²) in [6.07, 6.45) is 3.52. The van der Waals surface area contributed by atoms with Crippen LogP contribution < -0.4 is 5.32 Å². The van der Waals surface area contributed by atoms with Gasteiger partial charge in [-0.2, -0.15) is 0 Å². The highest BCUT2D eigenvalue weighted by molar-refractivity contribution is 6.31. The minimum atomic E-state index is 0.828. The second-order valence-corrected chi connectivity index (χ2v) is 5.19. The smallest absolute Gasteiger partial charge is 0.0455 e. The third-order valence-electron chi connectivity index (χ3n) is 3.32. The molecule has 2 aromatic rings. The van der Waals surface area contributed by atoms with E-state index in [-0.39, 0.29) is 0 Å². The molecule has 2 aromatic carbocycles. The topological polar surface area (TPSA) is 12.0 Å². The molecule has 0 saturated heterocycles. The van der Waals surface area contributed by atoms with Crippen molar-refractivity contribution in [1.82, 2.24) is 0 Å². The van der Waals surface area contributed by atoms with E-state index in [1.165, 1.54) is 18.4 Å². The second-order valence-electron chi connectivity index (χ2n) is 4.78. The predicted molar refractivity (Wildman–Crippen MR) is 84.1 cm³/mol. The first-order valence-electron chi connectivity index (χ1n) is 6.80. The van der Waals surface area contributed by atoms with Crippen LogP contribution in [0.3, 0.4) is 0 Å². The minimum absolute atomic E-state index is 0.828. The van der Waals surface area contributed by atoms with Crippen molar-refractivity contribution in [2.75, 3.05) is 11.9 Å². The van der Waals surface area contributed by atoms with Gasteiger partial charge in [-0.25, -0.2) is 0 Å². The van der Waals surface area contributed by atoms with Crippen molar-refractivity contribution >= 4 is 17.3 Å². The maximum Gasteiger partial charge on any atom is 0.0455 e. The molecular weight excluding hydrogens is 254 g/mol. The Morgan fingerprint density at radius 1 is 0.947 bits per heavy atom. The van der Waals surface area contributed by atoms with Crippen molar-refractivity contribution < 1.29 is 0 Å². The van der Waals surface area contributed by atoms with Gasteiger partial charge in [0.15, 0.2) is 0 Å². The van der Waals surface area contributed by atoms with Crippen molar-refractivity contribution in [3.05, 3.63) is 64.7 Å². The Labute approximate surface area is 120 Å². The number of halogens is 1. The van der Waals surface area contributed by atoms with Gasteiger partial charge in [-0.15, -0.1) is 0 Å². The summed E-state index contributed by atoms with van der Waals surface area (Å²) in [5, 5.41) is 4.28. The van der Waals surface area contributed by atoms with E-state index in [0.29, 0.717) is 0 Å². The fraction of sp³-hybridized carbons (Fsp3) is 0.294. The van der Waals surface area contributed by atoms with E-state index in [9.17, 15) is 0 Å². The molecule has 0 aliphatic carbocycles. The van der Waals surface area contributed by atoms with E-state index < -0.39 is 0 Å². The van der Waals surface area contributed by atoms with Gasteiger partial charge in [-0.05, 0) is 49.4 Å². The normalized spacial score (nSPS) is 10.4. The van der Waals surface area contributed by atoms with Crippen molar-refractivity contribution in [3.8, 4) is 0 Å². The van der Waals surface area contributed by atoms with Crippen LogP contribution in [0.1, 0.15) is 24.0 Å². The minimum Gasteiger partial charge on any atom is -0.385 e. The molecule has 0 aromatic heterocycles. The molecule has 0 bridgehead atoms. The molecule has 2 heteroatoms. The highest BCUT2D eigenvalue weighted by Crippen LogP contribution is 2.22. The SMILES string of the molecule is Cc1c(Cl)cccc1NCCCCc1ccccc1. The number of hydrogen-bond donors (Lipinski definition) is 1. The molecule has 0 spiro atoms. The van der Waals surface area contributed by atoms with E-state index in [1.807, 2.05) is 12.1 Å². The molecule has 0 atom stereocenters. The molecule has 0 saturated carbocycles. The quantitative estimate of drug-likeness (QED) is 0.724. The zero-order valence-corrected chi connectivity index (χ0v) is 12.1. The molecule has 1 nitrogen and oxygen atoms in total. The molecule has 100 valence electrons. The summed E-state index contributed by atoms with van der Waals surface area (Å²) in [7, 11) is 0. The molecule has 19 heavy (non-hydrogen) atoms. The molecular formula is C17H20ClN. The molecule has 2 rings (SSSR count). The fourth-order valence-electron chi connectivity index (χ4n) is 2.12. The Morgan fingerprint density at radius 2 is 1.74 bits per heavy atom. The third-order valence-corrected chi connectivity index (χ3v) is 3.73. The first kappa shape index (κ1) is 14.0. The van der Waals surface area contributed by atoms with E-state index in [0.717, 1.165) is 29.2 Å². The number of aryl methyl sites for hydroxylation is 1. The number of hydrogen-bond acceptors (Lipinski definition) is 1. The van der Waals surface area contributed by atoms with Gasteiger partial charge in [-0.1, -0.05) is 48.0 Å². The first-order valence-corrected chi connectivity index (χ1v) is 7.18.